The van der Waals surface area contributed by atoms with E-state index in [4.69, 9.17) is 10.5 Å². The molecule has 112 valence electrons. The molecule has 2 atom stereocenters. The van der Waals surface area contributed by atoms with Crippen molar-refractivity contribution in [1.29, 1.82) is 0 Å². The van der Waals surface area contributed by atoms with Gasteiger partial charge in [-0.05, 0) is 31.0 Å². The first kappa shape index (κ1) is 16.5. The van der Waals surface area contributed by atoms with Gasteiger partial charge in [0.25, 0.3) is 0 Å². The lowest BCUT2D eigenvalue weighted by atomic mass is 9.99. The van der Waals surface area contributed by atoms with E-state index in [1.807, 2.05) is 20.8 Å². The van der Waals surface area contributed by atoms with E-state index in [0.717, 1.165) is 6.42 Å². The molecule has 1 aromatic rings. The molecule has 0 saturated carbocycles. The second kappa shape index (κ2) is 7.87. The fourth-order valence-electron chi connectivity index (χ4n) is 1.82. The summed E-state index contributed by atoms with van der Waals surface area (Å²) in [4.78, 5) is 12.0. The van der Waals surface area contributed by atoms with Gasteiger partial charge in [-0.25, -0.2) is 0 Å². The van der Waals surface area contributed by atoms with Gasteiger partial charge in [0.15, 0.2) is 0 Å². The van der Waals surface area contributed by atoms with Crippen LogP contribution in [0.4, 0.5) is 5.69 Å². The van der Waals surface area contributed by atoms with Crippen LogP contribution in [-0.4, -0.2) is 23.7 Å². The van der Waals surface area contributed by atoms with Crippen molar-refractivity contribution in [2.24, 2.45) is 11.7 Å². The van der Waals surface area contributed by atoms with Crippen molar-refractivity contribution in [1.82, 2.24) is 0 Å². The monoisotopic (exact) mass is 280 g/mol. The molecular formula is C15H24N2O3. The van der Waals surface area contributed by atoms with Gasteiger partial charge in [0.05, 0.1) is 19.3 Å². The highest BCUT2D eigenvalue weighted by molar-refractivity contribution is 5.95. The second-order valence-corrected chi connectivity index (χ2v) is 4.81. The van der Waals surface area contributed by atoms with E-state index in [1.54, 1.807) is 18.2 Å². The number of nitrogens with two attached hydrogens (primary N) is 1. The number of anilines is 1. The van der Waals surface area contributed by atoms with Crippen LogP contribution in [0.5, 0.6) is 5.75 Å². The van der Waals surface area contributed by atoms with Crippen LogP contribution < -0.4 is 15.8 Å². The quantitative estimate of drug-likeness (QED) is 0.712. The Bertz CT molecular complexity index is 449. The van der Waals surface area contributed by atoms with Crippen molar-refractivity contribution in [3.8, 4) is 5.75 Å². The molecule has 4 N–H and O–H groups in total. The Hall–Kier alpha value is -1.59. The minimum atomic E-state index is -0.538. The fraction of sp³-hybridized carbons (Fsp3) is 0.533. The molecule has 0 saturated heterocycles. The average Bonchev–Trinajstić information content (AvgIpc) is 2.47. The molecule has 0 heterocycles. The molecule has 0 aliphatic carbocycles. The lowest BCUT2D eigenvalue weighted by molar-refractivity contribution is -0.118. The minimum Gasteiger partial charge on any atom is -0.494 e. The maximum atomic E-state index is 12.0. The first-order chi connectivity index (χ1) is 9.53. The van der Waals surface area contributed by atoms with Gasteiger partial charge < -0.3 is 20.9 Å². The zero-order chi connectivity index (χ0) is 15.1. The van der Waals surface area contributed by atoms with Crippen molar-refractivity contribution < 1.29 is 14.6 Å². The Morgan fingerprint density at radius 3 is 2.70 bits per heavy atom. The summed E-state index contributed by atoms with van der Waals surface area (Å²) in [7, 11) is 0. The summed E-state index contributed by atoms with van der Waals surface area (Å²) in [5.41, 5.74) is 7.13. The van der Waals surface area contributed by atoms with E-state index in [1.165, 1.54) is 0 Å². The predicted octanol–water partition coefficient (Wildman–Crippen LogP) is 1.89. The van der Waals surface area contributed by atoms with Gasteiger partial charge in [-0.3, -0.25) is 4.79 Å². The molecule has 1 amide bonds. The fourth-order valence-corrected chi connectivity index (χ4v) is 1.82. The molecule has 1 rings (SSSR count). The maximum absolute atomic E-state index is 12.0. The number of aliphatic hydroxyl groups excluding tert-OH is 1. The molecule has 0 fully saturated rings. The molecule has 20 heavy (non-hydrogen) atoms. The van der Waals surface area contributed by atoms with Gasteiger partial charge in [0.2, 0.25) is 5.91 Å². The lowest BCUT2D eigenvalue weighted by Crippen LogP contribution is -2.40. The molecule has 1 aromatic carbocycles. The number of nitrogens with one attached hydrogen (secondary N) is 1. The van der Waals surface area contributed by atoms with E-state index in [-0.39, 0.29) is 18.4 Å². The van der Waals surface area contributed by atoms with Crippen molar-refractivity contribution in [2.45, 2.75) is 39.8 Å². The van der Waals surface area contributed by atoms with Gasteiger partial charge in [0.1, 0.15) is 5.75 Å². The Kier molecular flexibility index (Phi) is 6.48. The Morgan fingerprint density at radius 2 is 2.15 bits per heavy atom. The average molecular weight is 280 g/mol. The summed E-state index contributed by atoms with van der Waals surface area (Å²) in [5, 5.41) is 12.1. The van der Waals surface area contributed by atoms with Crippen molar-refractivity contribution in [3.63, 3.8) is 0 Å². The molecule has 5 heteroatoms. The van der Waals surface area contributed by atoms with Gasteiger partial charge in [0, 0.05) is 11.3 Å². The number of carbonyl (C=O) groups is 1. The van der Waals surface area contributed by atoms with E-state index < -0.39 is 6.04 Å². The third-order valence-electron chi connectivity index (χ3n) is 3.36. The molecule has 0 bridgehead atoms. The Balaban J connectivity index is 2.80. The van der Waals surface area contributed by atoms with E-state index in [9.17, 15) is 9.90 Å². The van der Waals surface area contributed by atoms with Crippen LogP contribution in [0.3, 0.4) is 0 Å². The van der Waals surface area contributed by atoms with Crippen LogP contribution >= 0.6 is 0 Å². The summed E-state index contributed by atoms with van der Waals surface area (Å²) in [6.07, 6.45) is 0.847. The molecule has 0 aliphatic rings. The Morgan fingerprint density at radius 1 is 1.45 bits per heavy atom. The van der Waals surface area contributed by atoms with Crippen LogP contribution in [0, 0.1) is 5.92 Å². The number of benzene rings is 1. The number of rotatable bonds is 7. The molecule has 0 spiro atoms. The lowest BCUT2D eigenvalue weighted by Gasteiger charge is -2.18. The van der Waals surface area contributed by atoms with Crippen LogP contribution in [0.25, 0.3) is 0 Å². The first-order valence-corrected chi connectivity index (χ1v) is 6.96. The van der Waals surface area contributed by atoms with Crippen LogP contribution in [-0.2, 0) is 11.4 Å². The standard InChI is InChI=1S/C15H24N2O3/c1-4-10(3)14(16)15(19)17-12-6-7-13(20-5-2)11(8-12)9-18/h6-8,10,14,18H,4-5,9,16H2,1-3H3,(H,17,19). The SMILES string of the molecule is CCOc1ccc(NC(=O)C(N)C(C)CC)cc1CO. The van der Waals surface area contributed by atoms with Gasteiger partial charge in [-0.2, -0.15) is 0 Å². The van der Waals surface area contributed by atoms with Crippen LogP contribution in [0.2, 0.25) is 0 Å². The normalized spacial score (nSPS) is 13.7. The third-order valence-corrected chi connectivity index (χ3v) is 3.36. The predicted molar refractivity (Wildman–Crippen MR) is 79.6 cm³/mol. The van der Waals surface area contributed by atoms with Gasteiger partial charge in [-0.15, -0.1) is 0 Å². The number of hydrogen-bond donors (Lipinski definition) is 3. The highest BCUT2D eigenvalue weighted by atomic mass is 16.5. The summed E-state index contributed by atoms with van der Waals surface area (Å²) in [6, 6.07) is 4.64. The van der Waals surface area contributed by atoms with Crippen molar-refractivity contribution in [3.05, 3.63) is 23.8 Å². The number of aliphatic hydroxyl groups is 1. The zero-order valence-electron chi connectivity index (χ0n) is 12.3. The maximum Gasteiger partial charge on any atom is 0.241 e. The summed E-state index contributed by atoms with van der Waals surface area (Å²) in [6.45, 7) is 6.20. The molecule has 5 nitrogen and oxygen atoms in total. The van der Waals surface area contributed by atoms with E-state index >= 15 is 0 Å². The summed E-state index contributed by atoms with van der Waals surface area (Å²) >= 11 is 0. The molecule has 0 aliphatic heterocycles. The van der Waals surface area contributed by atoms with Gasteiger partial charge >= 0.3 is 0 Å². The molecule has 0 radical (unpaired) electrons. The molecule has 0 aromatic heterocycles. The number of hydrogen-bond acceptors (Lipinski definition) is 4. The first-order valence-electron chi connectivity index (χ1n) is 6.96. The summed E-state index contributed by atoms with van der Waals surface area (Å²) in [5.74, 6) is 0.529. The highest BCUT2D eigenvalue weighted by Gasteiger charge is 2.19. The number of carbonyl (C=O) groups excluding carboxylic acids is 1. The second-order valence-electron chi connectivity index (χ2n) is 4.81. The highest BCUT2D eigenvalue weighted by Crippen LogP contribution is 2.23. The number of amides is 1. The van der Waals surface area contributed by atoms with Gasteiger partial charge in [-0.1, -0.05) is 20.3 Å². The minimum absolute atomic E-state index is 0.120. The zero-order valence-corrected chi connectivity index (χ0v) is 12.3. The topological polar surface area (TPSA) is 84.6 Å². The Labute approximate surface area is 120 Å². The largest absolute Gasteiger partial charge is 0.494 e. The number of ether oxygens (including phenoxy) is 1. The van der Waals surface area contributed by atoms with Crippen LogP contribution in [0.1, 0.15) is 32.8 Å². The summed E-state index contributed by atoms with van der Waals surface area (Å²) < 4.78 is 5.39. The van der Waals surface area contributed by atoms with Crippen LogP contribution in [0.15, 0.2) is 18.2 Å². The van der Waals surface area contributed by atoms with E-state index in [2.05, 4.69) is 5.32 Å². The smallest absolute Gasteiger partial charge is 0.241 e. The van der Waals surface area contributed by atoms with Crippen molar-refractivity contribution >= 4 is 11.6 Å². The molecular weight excluding hydrogens is 256 g/mol. The third kappa shape index (κ3) is 4.21. The van der Waals surface area contributed by atoms with E-state index in [0.29, 0.717) is 23.6 Å². The molecule has 2 unspecified atom stereocenters. The van der Waals surface area contributed by atoms with Crippen molar-refractivity contribution in [2.75, 3.05) is 11.9 Å².